The van der Waals surface area contributed by atoms with Crippen LogP contribution in [0.3, 0.4) is 0 Å². The van der Waals surface area contributed by atoms with Gasteiger partial charge in [-0.1, -0.05) is 58.4 Å². The van der Waals surface area contributed by atoms with E-state index in [2.05, 4.69) is 47.3 Å². The number of fused-ring (bicyclic) bond motifs is 7. The topological polar surface area (TPSA) is 292 Å². The highest BCUT2D eigenvalue weighted by Gasteiger charge is 2.70. The van der Waals surface area contributed by atoms with Crippen LogP contribution < -0.4 is 0 Å². The molecule has 0 spiro atoms. The number of carbonyl (C=O) groups is 2. The first-order valence-electron chi connectivity index (χ1n) is 23.1. The van der Waals surface area contributed by atoms with Gasteiger partial charge in [-0.05, 0) is 97.7 Å². The van der Waals surface area contributed by atoms with Gasteiger partial charge in [0.2, 0.25) is 6.29 Å². The molecule has 0 amide bonds. The number of aliphatic carboxylic acids is 1. The smallest absolute Gasteiger partial charge is 0.335 e. The van der Waals surface area contributed by atoms with Gasteiger partial charge < -0.3 is 79.5 Å². The average molecular weight is 911 g/mol. The summed E-state index contributed by atoms with van der Waals surface area (Å²) in [5.74, 6) is -1.96. The molecule has 22 atom stereocenters. The summed E-state index contributed by atoms with van der Waals surface area (Å²) in [4.78, 5) is 26.7. The Balaban J connectivity index is 1.04. The highest BCUT2D eigenvalue weighted by Crippen LogP contribution is 2.75. The maximum atomic E-state index is 14.5. The molecule has 0 aromatic heterocycles. The van der Waals surface area contributed by atoms with Crippen molar-refractivity contribution in [2.24, 2.45) is 44.8 Å². The van der Waals surface area contributed by atoms with Crippen molar-refractivity contribution < 1.29 is 89.1 Å². The lowest BCUT2D eigenvalue weighted by Gasteiger charge is -2.71. The van der Waals surface area contributed by atoms with Gasteiger partial charge in [-0.3, -0.25) is 4.79 Å². The summed E-state index contributed by atoms with van der Waals surface area (Å²) >= 11 is 0. The third-order valence-corrected chi connectivity index (χ3v) is 18.3. The molecular weight excluding hydrogens is 840 g/mol. The third-order valence-electron chi connectivity index (χ3n) is 18.3. The van der Waals surface area contributed by atoms with E-state index in [4.69, 9.17) is 28.4 Å². The van der Waals surface area contributed by atoms with Gasteiger partial charge in [-0.2, -0.15) is 0 Å². The second-order valence-electron chi connectivity index (χ2n) is 21.6. The molecule has 5 aliphatic carbocycles. The number of aliphatic hydroxyl groups is 9. The van der Waals surface area contributed by atoms with E-state index in [1.54, 1.807) is 0 Å². The van der Waals surface area contributed by atoms with E-state index in [1.165, 1.54) is 5.57 Å². The maximum absolute atomic E-state index is 14.5. The molecule has 8 rings (SSSR count). The molecule has 0 unspecified atom stereocenters. The molecule has 18 nitrogen and oxygen atoms in total. The molecule has 3 heterocycles. The fourth-order valence-electron chi connectivity index (χ4n) is 14.3. The van der Waals surface area contributed by atoms with Crippen molar-refractivity contribution in [3.05, 3.63) is 23.8 Å². The lowest BCUT2D eigenvalue weighted by Crippen LogP contribution is -2.67. The minimum absolute atomic E-state index is 0.106. The zero-order chi connectivity index (χ0) is 46.6. The Morgan fingerprint density at radius 3 is 2.16 bits per heavy atom. The van der Waals surface area contributed by atoms with Crippen molar-refractivity contribution in [2.45, 2.75) is 191 Å². The zero-order valence-electron chi connectivity index (χ0n) is 37.4. The van der Waals surface area contributed by atoms with Crippen molar-refractivity contribution in [1.29, 1.82) is 0 Å². The first-order chi connectivity index (χ1) is 30.0. The zero-order valence-corrected chi connectivity index (χ0v) is 37.4. The van der Waals surface area contributed by atoms with Crippen molar-refractivity contribution in [1.82, 2.24) is 0 Å². The van der Waals surface area contributed by atoms with Gasteiger partial charge in [-0.15, -0.1) is 0 Å². The molecule has 7 fully saturated rings. The molecule has 0 aromatic carbocycles. The fourth-order valence-corrected chi connectivity index (χ4v) is 14.3. The van der Waals surface area contributed by atoms with Crippen LogP contribution in [0.2, 0.25) is 0 Å². The first kappa shape index (κ1) is 48.3. The molecule has 18 heteroatoms. The third kappa shape index (κ3) is 7.36. The van der Waals surface area contributed by atoms with Crippen molar-refractivity contribution in [3.8, 4) is 0 Å². The summed E-state index contributed by atoms with van der Waals surface area (Å²) in [5.41, 5.74) is 0.0674. The van der Waals surface area contributed by atoms with E-state index < -0.39 is 121 Å². The van der Waals surface area contributed by atoms with Crippen LogP contribution in [0.25, 0.3) is 0 Å². The molecule has 64 heavy (non-hydrogen) atoms. The normalized spacial score (nSPS) is 52.5. The first-order valence-corrected chi connectivity index (χ1v) is 23.1. The summed E-state index contributed by atoms with van der Waals surface area (Å²) in [6.07, 6.45) is -14.3. The Hall–Kier alpha value is -2.14. The van der Waals surface area contributed by atoms with Crippen molar-refractivity contribution in [2.75, 3.05) is 13.2 Å². The number of hydrogen-bond acceptors (Lipinski definition) is 17. The number of carbonyl (C=O) groups excluding carboxylic acids is 1. The predicted molar refractivity (Wildman–Crippen MR) is 220 cm³/mol. The lowest BCUT2D eigenvalue weighted by molar-refractivity contribution is -0.366. The molecule has 0 aromatic rings. The number of carboxylic acids is 1. The van der Waals surface area contributed by atoms with E-state index in [9.17, 15) is 60.7 Å². The summed E-state index contributed by atoms with van der Waals surface area (Å²) in [6.45, 7) is 14.7. The molecular formula is C46H70O18. The quantitative estimate of drug-likeness (QED) is 0.0896. The highest BCUT2D eigenvalue weighted by atomic mass is 16.8. The standard InChI is InChI=1S/C46H70O18/c1-20-9-14-46(41(58)64-39-34(55)30(51)29(50)24(18-47)60-39)16-15-44(5)21(22(46)17-20)7-8-26-43(4)12-11-27(42(2,3)25(43)10-13-45(26,44)6)61-40-36(32(53)31(52)35(62-40)37(56)57)63-38-33(54)28(49)23(48)19-59-38/h7,22-36,38-40,47-55H,1,8-19H2,2-6H3,(H,56,57)/t22-,23+,24+,25-,26+,27-,28-,29+,30-,31-,32-,33+,34+,35-,36+,38-,39-,40+,43-,44+,45+,46-/m0/s1. The number of esters is 1. The number of rotatable bonds is 8. The second kappa shape index (κ2) is 17.1. The number of hydrogen-bond donors (Lipinski definition) is 10. The second-order valence-corrected chi connectivity index (χ2v) is 21.6. The van der Waals surface area contributed by atoms with Gasteiger partial charge in [0.05, 0.1) is 24.7 Å². The lowest BCUT2D eigenvalue weighted by atomic mass is 9.34. The summed E-state index contributed by atoms with van der Waals surface area (Å²) in [7, 11) is 0. The van der Waals surface area contributed by atoms with Gasteiger partial charge in [0.15, 0.2) is 18.7 Å². The van der Waals surface area contributed by atoms with Crippen LogP contribution in [0.4, 0.5) is 0 Å². The van der Waals surface area contributed by atoms with Crippen LogP contribution >= 0.6 is 0 Å². The molecule has 8 aliphatic rings. The predicted octanol–water partition coefficient (Wildman–Crippen LogP) is 0.402. The van der Waals surface area contributed by atoms with E-state index in [0.29, 0.717) is 38.5 Å². The Labute approximate surface area is 373 Å². The number of carboxylic acid groups (broad SMARTS) is 1. The number of aliphatic hydroxyl groups excluding tert-OH is 9. The monoisotopic (exact) mass is 910 g/mol. The summed E-state index contributed by atoms with van der Waals surface area (Å²) in [5, 5.41) is 104. The van der Waals surface area contributed by atoms with E-state index in [-0.39, 0.29) is 40.6 Å². The Kier molecular flexibility index (Phi) is 12.9. The molecule has 362 valence electrons. The van der Waals surface area contributed by atoms with Crippen molar-refractivity contribution in [3.63, 3.8) is 0 Å². The van der Waals surface area contributed by atoms with Crippen molar-refractivity contribution >= 4 is 11.9 Å². The van der Waals surface area contributed by atoms with Gasteiger partial charge in [-0.25, -0.2) is 4.79 Å². The van der Waals surface area contributed by atoms with Gasteiger partial charge in [0.1, 0.15) is 61.0 Å². The van der Waals surface area contributed by atoms with E-state index >= 15 is 0 Å². The maximum Gasteiger partial charge on any atom is 0.335 e. The van der Waals surface area contributed by atoms with Crippen LogP contribution in [0.15, 0.2) is 23.8 Å². The van der Waals surface area contributed by atoms with Crippen LogP contribution in [0.5, 0.6) is 0 Å². The van der Waals surface area contributed by atoms with E-state index in [1.807, 2.05) is 0 Å². The Bertz CT molecular complexity index is 1820. The van der Waals surface area contributed by atoms with Gasteiger partial charge in [0, 0.05) is 5.92 Å². The minimum Gasteiger partial charge on any atom is -0.479 e. The molecule has 4 saturated carbocycles. The average Bonchev–Trinajstić information content (AvgIpc) is 3.24. The SMILES string of the molecule is C=C1CC[C@]2(C(=O)O[C@@H]3O[C@H](CO)[C@@H](O)[C@H](O)[C@H]3O)CC[C@]3(C)C(=CC[C@@H]4[C@@]5(C)CC[C@H](O[C@@H]6O[C@H](C(=O)O)[C@@H](O)[C@H](O)[C@H]6O[C@@H]6OC[C@@H](O)[C@H](O)[C@H]6O)C(C)(C)[C@@H]5CC[C@]43C)[C@@H]2C1. The Morgan fingerprint density at radius 2 is 1.47 bits per heavy atom. The van der Waals surface area contributed by atoms with Crippen LogP contribution in [0, 0.1) is 44.8 Å². The largest absolute Gasteiger partial charge is 0.479 e. The van der Waals surface area contributed by atoms with Crippen LogP contribution in [-0.2, 0) is 38.0 Å². The Morgan fingerprint density at radius 1 is 0.766 bits per heavy atom. The summed E-state index contributed by atoms with van der Waals surface area (Å²) < 4.78 is 35.4. The van der Waals surface area contributed by atoms with E-state index in [0.717, 1.165) is 31.3 Å². The summed E-state index contributed by atoms with van der Waals surface area (Å²) in [6, 6.07) is 0. The molecule has 3 saturated heterocycles. The molecule has 10 N–H and O–H groups in total. The molecule has 0 radical (unpaired) electrons. The number of allylic oxidation sites excluding steroid dienone is 3. The molecule has 3 aliphatic heterocycles. The molecule has 0 bridgehead atoms. The minimum atomic E-state index is -1.92. The van der Waals surface area contributed by atoms with Gasteiger partial charge >= 0.3 is 11.9 Å². The fraction of sp³-hybridized carbons (Fsp3) is 0.870. The van der Waals surface area contributed by atoms with Gasteiger partial charge in [0.25, 0.3) is 0 Å². The number of ether oxygens (including phenoxy) is 6. The van der Waals surface area contributed by atoms with Crippen LogP contribution in [0.1, 0.15) is 98.8 Å². The highest BCUT2D eigenvalue weighted by molar-refractivity contribution is 5.79. The van der Waals surface area contributed by atoms with Crippen LogP contribution in [-0.4, -0.2) is 168 Å².